The predicted octanol–water partition coefficient (Wildman–Crippen LogP) is 1.43. The van der Waals surface area contributed by atoms with E-state index in [4.69, 9.17) is 4.74 Å². The third kappa shape index (κ3) is 4.64. The highest BCUT2D eigenvalue weighted by Crippen LogP contribution is 2.10. The van der Waals surface area contributed by atoms with Crippen molar-refractivity contribution in [2.24, 2.45) is 0 Å². The number of carbonyl (C=O) groups is 1. The summed E-state index contributed by atoms with van der Waals surface area (Å²) in [6.45, 7) is 3.99. The van der Waals surface area contributed by atoms with E-state index < -0.39 is 0 Å². The molecule has 0 aliphatic carbocycles. The summed E-state index contributed by atoms with van der Waals surface area (Å²) in [7, 11) is 0. The molecule has 2 heterocycles. The van der Waals surface area contributed by atoms with Crippen LogP contribution in [0.4, 0.5) is 0 Å². The smallest absolute Gasteiger partial charge is 0.254 e. The fourth-order valence-electron chi connectivity index (χ4n) is 2.76. The number of hydrogen-bond donors (Lipinski definition) is 2. The largest absolute Gasteiger partial charge is 0.375 e. The molecule has 2 aromatic rings. The van der Waals surface area contributed by atoms with Gasteiger partial charge in [-0.05, 0) is 12.0 Å². The summed E-state index contributed by atoms with van der Waals surface area (Å²) in [6, 6.07) is 10.4. The number of carbonyl (C=O) groups excluding carboxylic acids is 1. The SMILES string of the molecule is O=C(NCC1CN(Cc2ccccc2)CCCO1)c1cn[nH]c1. The molecule has 6 heteroatoms. The Morgan fingerprint density at radius 2 is 2.26 bits per heavy atom. The highest BCUT2D eigenvalue weighted by Gasteiger charge is 2.20. The highest BCUT2D eigenvalue weighted by molar-refractivity contribution is 5.93. The van der Waals surface area contributed by atoms with Crippen molar-refractivity contribution in [1.82, 2.24) is 20.4 Å². The van der Waals surface area contributed by atoms with Gasteiger partial charge >= 0.3 is 0 Å². The molecule has 1 aliphatic rings. The summed E-state index contributed by atoms with van der Waals surface area (Å²) in [6.07, 6.45) is 4.13. The van der Waals surface area contributed by atoms with Crippen molar-refractivity contribution in [2.45, 2.75) is 19.1 Å². The molecule has 1 aliphatic heterocycles. The fourth-order valence-corrected chi connectivity index (χ4v) is 2.76. The number of ether oxygens (including phenoxy) is 1. The van der Waals surface area contributed by atoms with Gasteiger partial charge in [-0.3, -0.25) is 14.8 Å². The lowest BCUT2D eigenvalue weighted by Crippen LogP contribution is -2.39. The molecule has 1 aromatic carbocycles. The Morgan fingerprint density at radius 3 is 3.04 bits per heavy atom. The lowest BCUT2D eigenvalue weighted by molar-refractivity contribution is 0.0510. The molecule has 1 unspecified atom stereocenters. The average Bonchev–Trinajstić information content (AvgIpc) is 3.02. The van der Waals surface area contributed by atoms with Crippen LogP contribution in [0.3, 0.4) is 0 Å². The van der Waals surface area contributed by atoms with E-state index >= 15 is 0 Å². The van der Waals surface area contributed by atoms with E-state index in [0.717, 1.165) is 32.7 Å². The molecule has 6 nitrogen and oxygen atoms in total. The third-order valence-corrected chi connectivity index (χ3v) is 3.93. The Balaban J connectivity index is 1.52. The van der Waals surface area contributed by atoms with Crippen molar-refractivity contribution >= 4 is 5.91 Å². The zero-order chi connectivity index (χ0) is 15.9. The van der Waals surface area contributed by atoms with Crippen LogP contribution in [0.15, 0.2) is 42.7 Å². The predicted molar refractivity (Wildman–Crippen MR) is 87.0 cm³/mol. The first kappa shape index (κ1) is 15.7. The topological polar surface area (TPSA) is 70.2 Å². The van der Waals surface area contributed by atoms with Gasteiger partial charge in [0.15, 0.2) is 0 Å². The number of nitrogens with zero attached hydrogens (tertiary/aromatic N) is 2. The molecule has 3 rings (SSSR count). The minimum Gasteiger partial charge on any atom is -0.375 e. The average molecular weight is 314 g/mol. The van der Waals surface area contributed by atoms with Gasteiger partial charge in [-0.15, -0.1) is 0 Å². The maximum absolute atomic E-state index is 12.0. The first-order valence-corrected chi connectivity index (χ1v) is 7.96. The molecule has 0 spiro atoms. The van der Waals surface area contributed by atoms with Gasteiger partial charge in [0.2, 0.25) is 0 Å². The van der Waals surface area contributed by atoms with E-state index in [1.54, 1.807) is 6.20 Å². The number of rotatable bonds is 5. The first-order chi connectivity index (χ1) is 11.3. The van der Waals surface area contributed by atoms with E-state index in [9.17, 15) is 4.79 Å². The second-order valence-corrected chi connectivity index (χ2v) is 5.76. The molecule has 1 saturated heterocycles. The standard InChI is InChI=1S/C17H22N4O2/c22-17(15-9-19-20-10-15)18-11-16-13-21(7-4-8-23-16)12-14-5-2-1-3-6-14/h1-3,5-6,9-10,16H,4,7-8,11-13H2,(H,18,22)(H,19,20). The fraction of sp³-hybridized carbons (Fsp3) is 0.412. The van der Waals surface area contributed by atoms with Crippen LogP contribution in [-0.2, 0) is 11.3 Å². The van der Waals surface area contributed by atoms with Crippen LogP contribution in [0, 0.1) is 0 Å². The van der Waals surface area contributed by atoms with Crippen molar-refractivity contribution in [3.8, 4) is 0 Å². The van der Waals surface area contributed by atoms with Crippen molar-refractivity contribution in [3.63, 3.8) is 0 Å². The molecule has 1 fully saturated rings. The van der Waals surface area contributed by atoms with Crippen LogP contribution in [-0.4, -0.2) is 53.3 Å². The Bertz CT molecular complexity index is 600. The molecule has 0 saturated carbocycles. The molecule has 0 radical (unpaired) electrons. The van der Waals surface area contributed by atoms with Crippen LogP contribution < -0.4 is 5.32 Å². The Kier molecular flexibility index (Phi) is 5.39. The zero-order valence-electron chi connectivity index (χ0n) is 13.1. The minimum atomic E-state index is -0.124. The van der Waals surface area contributed by atoms with Gasteiger partial charge in [0, 0.05) is 39.0 Å². The first-order valence-electron chi connectivity index (χ1n) is 7.96. The number of amides is 1. The quantitative estimate of drug-likeness (QED) is 0.876. The van der Waals surface area contributed by atoms with Crippen molar-refractivity contribution in [1.29, 1.82) is 0 Å². The molecule has 122 valence electrons. The number of H-pyrrole nitrogens is 1. The number of hydrogen-bond acceptors (Lipinski definition) is 4. The second kappa shape index (κ2) is 7.89. The summed E-state index contributed by atoms with van der Waals surface area (Å²) < 4.78 is 5.86. The molecule has 1 aromatic heterocycles. The maximum atomic E-state index is 12.0. The van der Waals surface area contributed by atoms with E-state index in [-0.39, 0.29) is 12.0 Å². The summed E-state index contributed by atoms with van der Waals surface area (Å²) in [5.74, 6) is -0.124. The highest BCUT2D eigenvalue weighted by atomic mass is 16.5. The van der Waals surface area contributed by atoms with Gasteiger partial charge in [0.05, 0.1) is 17.9 Å². The van der Waals surface area contributed by atoms with Gasteiger partial charge in [-0.1, -0.05) is 30.3 Å². The van der Waals surface area contributed by atoms with Crippen LogP contribution in [0.1, 0.15) is 22.3 Å². The number of aromatic amines is 1. The van der Waals surface area contributed by atoms with Crippen LogP contribution in [0.2, 0.25) is 0 Å². The normalized spacial score (nSPS) is 19.2. The lowest BCUT2D eigenvalue weighted by Gasteiger charge is -2.24. The zero-order valence-corrected chi connectivity index (χ0v) is 13.1. The van der Waals surface area contributed by atoms with Gasteiger partial charge < -0.3 is 10.1 Å². The minimum absolute atomic E-state index is 0.0112. The number of aromatic nitrogens is 2. The molecule has 0 bridgehead atoms. The van der Waals surface area contributed by atoms with Gasteiger partial charge in [0.25, 0.3) is 5.91 Å². The van der Waals surface area contributed by atoms with E-state index in [1.807, 2.05) is 6.07 Å². The van der Waals surface area contributed by atoms with Gasteiger partial charge in [0.1, 0.15) is 0 Å². The summed E-state index contributed by atoms with van der Waals surface area (Å²) in [5, 5.41) is 9.35. The molecule has 23 heavy (non-hydrogen) atoms. The molecule has 2 N–H and O–H groups in total. The molecule has 1 amide bonds. The van der Waals surface area contributed by atoms with Crippen molar-refractivity contribution in [3.05, 3.63) is 53.9 Å². The number of nitrogens with one attached hydrogen (secondary N) is 2. The molecular formula is C17H22N4O2. The second-order valence-electron chi connectivity index (χ2n) is 5.76. The van der Waals surface area contributed by atoms with E-state index in [2.05, 4.69) is 44.7 Å². The van der Waals surface area contributed by atoms with Gasteiger partial charge in [-0.25, -0.2) is 0 Å². The molecule has 1 atom stereocenters. The Hall–Kier alpha value is -2.18. The third-order valence-electron chi connectivity index (χ3n) is 3.93. The van der Waals surface area contributed by atoms with Crippen molar-refractivity contribution < 1.29 is 9.53 Å². The summed E-state index contributed by atoms with van der Waals surface area (Å²) in [5.41, 5.74) is 1.84. The summed E-state index contributed by atoms with van der Waals surface area (Å²) >= 11 is 0. The van der Waals surface area contributed by atoms with Crippen LogP contribution in [0.5, 0.6) is 0 Å². The van der Waals surface area contributed by atoms with Crippen LogP contribution in [0.25, 0.3) is 0 Å². The lowest BCUT2D eigenvalue weighted by atomic mass is 10.2. The summed E-state index contributed by atoms with van der Waals surface area (Å²) in [4.78, 5) is 14.4. The van der Waals surface area contributed by atoms with Crippen LogP contribution >= 0.6 is 0 Å². The van der Waals surface area contributed by atoms with Gasteiger partial charge in [-0.2, -0.15) is 5.10 Å². The Labute approximate surface area is 135 Å². The monoisotopic (exact) mass is 314 g/mol. The molecular weight excluding hydrogens is 292 g/mol. The Morgan fingerprint density at radius 1 is 1.39 bits per heavy atom. The maximum Gasteiger partial charge on any atom is 0.254 e. The number of benzene rings is 1. The van der Waals surface area contributed by atoms with Crippen molar-refractivity contribution in [2.75, 3.05) is 26.2 Å². The van der Waals surface area contributed by atoms with E-state index in [0.29, 0.717) is 12.1 Å². The van der Waals surface area contributed by atoms with E-state index in [1.165, 1.54) is 11.8 Å².